The number of aromatic nitrogens is 3. The molecule has 11 heteroatoms. The Labute approximate surface area is 206 Å². The zero-order valence-electron chi connectivity index (χ0n) is 20.0. The van der Waals surface area contributed by atoms with Crippen LogP contribution in [-0.2, 0) is 6.54 Å². The van der Waals surface area contributed by atoms with E-state index in [2.05, 4.69) is 25.7 Å². The molecule has 0 radical (unpaired) electrons. The summed E-state index contributed by atoms with van der Waals surface area (Å²) in [5.41, 5.74) is 10.6. The molecule has 0 fully saturated rings. The fraction of sp³-hybridized carbons (Fsp3) is 0.280. The van der Waals surface area contributed by atoms with Crippen LogP contribution in [0.1, 0.15) is 46.9 Å². The Morgan fingerprint density at radius 2 is 2.00 bits per heavy atom. The highest BCUT2D eigenvalue weighted by atomic mass is 19.4. The van der Waals surface area contributed by atoms with E-state index in [1.54, 1.807) is 28.9 Å². The van der Waals surface area contributed by atoms with Gasteiger partial charge in [0.1, 0.15) is 6.54 Å². The minimum absolute atomic E-state index is 0.0715. The van der Waals surface area contributed by atoms with Crippen molar-refractivity contribution in [3.8, 4) is 11.4 Å². The molecule has 2 heterocycles. The zero-order valence-corrected chi connectivity index (χ0v) is 20.0. The largest absolute Gasteiger partial charge is 0.407 e. The molecule has 0 spiro atoms. The normalized spacial score (nSPS) is 15.9. The Balaban J connectivity index is 1.56. The predicted octanol–water partition coefficient (Wildman–Crippen LogP) is 4.75. The maximum absolute atomic E-state index is 12.4. The van der Waals surface area contributed by atoms with Gasteiger partial charge >= 0.3 is 6.18 Å². The number of anilines is 2. The van der Waals surface area contributed by atoms with E-state index in [4.69, 9.17) is 5.73 Å². The molecular formula is C25H26F3N7O. The van der Waals surface area contributed by atoms with Crippen molar-refractivity contribution < 1.29 is 18.0 Å². The quantitative estimate of drug-likeness (QED) is 0.408. The number of hydrogen-bond donors (Lipinski definition) is 3. The average molecular weight is 498 g/mol. The molecule has 4 N–H and O–H groups in total. The number of nitrogens with two attached hydrogens (primary N) is 1. The molecule has 0 saturated heterocycles. The molecule has 36 heavy (non-hydrogen) atoms. The first-order valence-corrected chi connectivity index (χ1v) is 11.4. The van der Waals surface area contributed by atoms with E-state index in [1.165, 1.54) is 6.20 Å². The number of aliphatic imine (C=N–C) groups is 1. The molecule has 3 aromatic rings. The van der Waals surface area contributed by atoms with Crippen LogP contribution in [0.3, 0.4) is 0 Å². The lowest BCUT2D eigenvalue weighted by atomic mass is 10.0. The van der Waals surface area contributed by atoms with Gasteiger partial charge in [-0.05, 0) is 49.6 Å². The molecule has 2 aromatic carbocycles. The minimum Gasteiger partial charge on any atom is -0.404 e. The van der Waals surface area contributed by atoms with Crippen molar-refractivity contribution in [1.29, 1.82) is 0 Å². The van der Waals surface area contributed by atoms with Crippen molar-refractivity contribution in [2.24, 2.45) is 10.7 Å². The van der Waals surface area contributed by atoms with Crippen LogP contribution in [0.5, 0.6) is 0 Å². The number of nitrogens with zero attached hydrogens (tertiary/aromatic N) is 4. The Morgan fingerprint density at radius 1 is 1.28 bits per heavy atom. The number of aryl methyl sites for hydroxylation is 2. The number of hydrogen-bond acceptors (Lipinski definition) is 6. The van der Waals surface area contributed by atoms with Crippen LogP contribution < -0.4 is 16.4 Å². The zero-order chi connectivity index (χ0) is 26.0. The molecule has 1 atom stereocenters. The van der Waals surface area contributed by atoms with Crippen LogP contribution in [0.15, 0.2) is 47.6 Å². The van der Waals surface area contributed by atoms with Crippen molar-refractivity contribution in [2.75, 3.05) is 11.9 Å². The Morgan fingerprint density at radius 3 is 2.64 bits per heavy atom. The standard InChI is InChI=1S/C25H26F3N7O/c1-4-35-24(32-21-10-19-15(3)31-23(36)20(19)9-14(21)2)33-22(34-35)17-7-5-16(6-8-17)18(11-29)12-30-13-25(26,27)28/h5-12,15H,4,13,29H2,1-3H3,(H,31,36)(H,32,33,34)/b18-11+,30-12?. The molecule has 0 saturated carbocycles. The van der Waals surface area contributed by atoms with Gasteiger partial charge in [0.25, 0.3) is 5.91 Å². The summed E-state index contributed by atoms with van der Waals surface area (Å²) in [4.78, 5) is 20.2. The summed E-state index contributed by atoms with van der Waals surface area (Å²) in [7, 11) is 0. The maximum Gasteiger partial charge on any atom is 0.407 e. The van der Waals surface area contributed by atoms with Crippen LogP contribution in [-0.4, -0.2) is 39.6 Å². The van der Waals surface area contributed by atoms with Crippen LogP contribution in [0, 0.1) is 6.92 Å². The van der Waals surface area contributed by atoms with E-state index in [0.29, 0.717) is 35.0 Å². The lowest BCUT2D eigenvalue weighted by Gasteiger charge is -2.12. The third-order valence-electron chi connectivity index (χ3n) is 5.83. The highest BCUT2D eigenvalue weighted by Gasteiger charge is 2.27. The Bertz CT molecular complexity index is 1340. The minimum atomic E-state index is -4.37. The third kappa shape index (κ3) is 5.24. The van der Waals surface area contributed by atoms with Crippen molar-refractivity contribution in [2.45, 2.75) is 39.5 Å². The second-order valence-electron chi connectivity index (χ2n) is 8.43. The van der Waals surface area contributed by atoms with E-state index in [0.717, 1.165) is 28.6 Å². The molecule has 0 bridgehead atoms. The van der Waals surface area contributed by atoms with E-state index in [1.807, 2.05) is 32.9 Å². The second-order valence-corrected chi connectivity index (χ2v) is 8.43. The van der Waals surface area contributed by atoms with Gasteiger partial charge in [-0.2, -0.15) is 18.2 Å². The molecule has 1 aromatic heterocycles. The number of allylic oxidation sites excluding steroid dienone is 1. The SMILES string of the molecule is CCn1nc(-c2ccc(/C(C=NCC(F)(F)F)=C/N)cc2)nc1Nc1cc2c(cc1C)C(=O)NC2C. The predicted molar refractivity (Wildman–Crippen MR) is 133 cm³/mol. The number of benzene rings is 2. The highest BCUT2D eigenvalue weighted by molar-refractivity contribution is 6.09. The topological polar surface area (TPSA) is 110 Å². The van der Waals surface area contributed by atoms with Crippen LogP contribution in [0.4, 0.5) is 24.8 Å². The first-order chi connectivity index (χ1) is 17.1. The number of rotatable bonds is 7. The second kappa shape index (κ2) is 9.84. The van der Waals surface area contributed by atoms with Crippen molar-refractivity contribution in [3.63, 3.8) is 0 Å². The number of amides is 1. The van der Waals surface area contributed by atoms with Gasteiger partial charge in [0.2, 0.25) is 5.95 Å². The van der Waals surface area contributed by atoms with Crippen LogP contribution in [0.2, 0.25) is 0 Å². The Hall–Kier alpha value is -4.15. The van der Waals surface area contributed by atoms with Crippen molar-refractivity contribution in [1.82, 2.24) is 20.1 Å². The molecule has 1 amide bonds. The number of nitrogens with one attached hydrogen (secondary N) is 2. The van der Waals surface area contributed by atoms with E-state index in [-0.39, 0.29) is 11.9 Å². The van der Waals surface area contributed by atoms with Gasteiger partial charge in [-0.15, -0.1) is 5.10 Å². The molecule has 1 unspecified atom stereocenters. The van der Waals surface area contributed by atoms with Crippen molar-refractivity contribution in [3.05, 3.63) is 64.9 Å². The smallest absolute Gasteiger partial charge is 0.404 e. The van der Waals surface area contributed by atoms with Gasteiger partial charge in [-0.1, -0.05) is 24.3 Å². The summed E-state index contributed by atoms with van der Waals surface area (Å²) >= 11 is 0. The van der Waals surface area contributed by atoms with E-state index in [9.17, 15) is 18.0 Å². The summed E-state index contributed by atoms with van der Waals surface area (Å²) < 4.78 is 38.8. The van der Waals surface area contributed by atoms with Gasteiger partial charge < -0.3 is 16.4 Å². The molecular weight excluding hydrogens is 471 g/mol. The first-order valence-electron chi connectivity index (χ1n) is 11.4. The Kier molecular flexibility index (Phi) is 6.82. The van der Waals surface area contributed by atoms with Gasteiger partial charge in [0.05, 0.1) is 6.04 Å². The number of halogens is 3. The lowest BCUT2D eigenvalue weighted by molar-refractivity contribution is -0.118. The summed E-state index contributed by atoms with van der Waals surface area (Å²) in [6.45, 7) is 5.11. The fourth-order valence-corrected chi connectivity index (χ4v) is 3.94. The third-order valence-corrected chi connectivity index (χ3v) is 5.83. The van der Waals surface area contributed by atoms with Gasteiger partial charge in [0.15, 0.2) is 5.82 Å². The summed E-state index contributed by atoms with van der Waals surface area (Å²) in [6.07, 6.45) is -2.05. The van der Waals surface area contributed by atoms with Crippen molar-refractivity contribution >= 4 is 29.3 Å². The number of carbonyl (C=O) groups excluding carboxylic acids is 1. The van der Waals surface area contributed by atoms with E-state index >= 15 is 0 Å². The first kappa shape index (κ1) is 25.0. The monoisotopic (exact) mass is 497 g/mol. The molecule has 8 nitrogen and oxygen atoms in total. The molecule has 1 aliphatic heterocycles. The van der Waals surface area contributed by atoms with Crippen LogP contribution in [0.25, 0.3) is 17.0 Å². The lowest BCUT2D eigenvalue weighted by Crippen LogP contribution is -2.16. The maximum atomic E-state index is 12.4. The van der Waals surface area contributed by atoms with Gasteiger partial charge in [0, 0.05) is 41.3 Å². The molecule has 0 aliphatic carbocycles. The number of fused-ring (bicyclic) bond motifs is 1. The summed E-state index contributed by atoms with van der Waals surface area (Å²) in [6, 6.07) is 10.7. The number of carbonyl (C=O) groups is 1. The van der Waals surface area contributed by atoms with E-state index < -0.39 is 12.7 Å². The van der Waals surface area contributed by atoms with Gasteiger partial charge in [-0.25, -0.2) is 4.68 Å². The fourth-order valence-electron chi connectivity index (χ4n) is 3.94. The average Bonchev–Trinajstić information content (AvgIpc) is 3.36. The molecule has 188 valence electrons. The highest BCUT2D eigenvalue weighted by Crippen LogP contribution is 2.32. The molecule has 1 aliphatic rings. The van der Waals surface area contributed by atoms with Crippen LogP contribution >= 0.6 is 0 Å². The summed E-state index contributed by atoms with van der Waals surface area (Å²) in [5.74, 6) is 0.958. The molecule has 4 rings (SSSR count). The summed E-state index contributed by atoms with van der Waals surface area (Å²) in [5, 5.41) is 10.8. The van der Waals surface area contributed by atoms with Gasteiger partial charge in [-0.3, -0.25) is 9.79 Å². The number of alkyl halides is 3.